The van der Waals surface area contributed by atoms with Gasteiger partial charge in [-0.3, -0.25) is 9.97 Å². The zero-order valence-electron chi connectivity index (χ0n) is 9.13. The van der Waals surface area contributed by atoms with Gasteiger partial charge in [0.15, 0.2) is 0 Å². The Morgan fingerprint density at radius 2 is 2.06 bits per heavy atom. The van der Waals surface area contributed by atoms with Crippen molar-refractivity contribution in [2.45, 2.75) is 12.8 Å². The number of hydrogen-bond acceptors (Lipinski definition) is 3. The number of nitrogens with zero attached hydrogens (tertiary/aromatic N) is 2. The molecule has 0 aliphatic heterocycles. The topological polar surface area (TPSA) is 51.8 Å². The van der Waals surface area contributed by atoms with Crippen molar-refractivity contribution in [1.29, 1.82) is 0 Å². The van der Waals surface area contributed by atoms with Crippen LogP contribution in [0, 0.1) is 0 Å². The van der Waals surface area contributed by atoms with E-state index in [4.69, 9.17) is 5.73 Å². The maximum atomic E-state index is 5.49. The molecule has 0 aliphatic rings. The quantitative estimate of drug-likeness (QED) is 0.845. The van der Waals surface area contributed by atoms with Crippen LogP contribution in [0.4, 0.5) is 0 Å². The molecule has 3 heteroatoms. The largest absolute Gasteiger partial charge is 0.330 e. The lowest BCUT2D eigenvalue weighted by molar-refractivity contribution is 0.811. The van der Waals surface area contributed by atoms with E-state index in [2.05, 4.69) is 22.1 Å². The highest BCUT2D eigenvalue weighted by molar-refractivity contribution is 5.62. The number of rotatable bonds is 4. The van der Waals surface area contributed by atoms with Crippen molar-refractivity contribution in [2.75, 3.05) is 6.54 Å². The van der Waals surface area contributed by atoms with Crippen molar-refractivity contribution in [3.8, 4) is 11.1 Å². The summed E-state index contributed by atoms with van der Waals surface area (Å²) in [5, 5.41) is 0. The van der Waals surface area contributed by atoms with E-state index in [1.807, 2.05) is 24.5 Å². The SMILES string of the molecule is NCCCc1cc(-c2cccnc2)ccn1. The fourth-order valence-corrected chi connectivity index (χ4v) is 1.61. The van der Waals surface area contributed by atoms with Gasteiger partial charge >= 0.3 is 0 Å². The van der Waals surface area contributed by atoms with E-state index in [9.17, 15) is 0 Å². The number of hydrogen-bond donors (Lipinski definition) is 1. The predicted molar refractivity (Wildman–Crippen MR) is 64.8 cm³/mol. The van der Waals surface area contributed by atoms with Crippen LogP contribution < -0.4 is 5.73 Å². The lowest BCUT2D eigenvalue weighted by Gasteiger charge is -2.03. The first-order valence-corrected chi connectivity index (χ1v) is 5.45. The molecule has 82 valence electrons. The van der Waals surface area contributed by atoms with Gasteiger partial charge in [-0.05, 0) is 43.1 Å². The van der Waals surface area contributed by atoms with Gasteiger partial charge < -0.3 is 5.73 Å². The second kappa shape index (κ2) is 5.37. The van der Waals surface area contributed by atoms with Crippen LogP contribution in [-0.2, 0) is 6.42 Å². The first-order valence-electron chi connectivity index (χ1n) is 5.45. The van der Waals surface area contributed by atoms with Crippen molar-refractivity contribution < 1.29 is 0 Å². The Balaban J connectivity index is 2.22. The molecule has 0 atom stereocenters. The van der Waals surface area contributed by atoms with Crippen LogP contribution in [0.1, 0.15) is 12.1 Å². The third kappa shape index (κ3) is 2.64. The van der Waals surface area contributed by atoms with Crippen LogP contribution in [0.5, 0.6) is 0 Å². The van der Waals surface area contributed by atoms with E-state index in [-0.39, 0.29) is 0 Å². The monoisotopic (exact) mass is 213 g/mol. The summed E-state index contributed by atoms with van der Waals surface area (Å²) >= 11 is 0. The third-order valence-corrected chi connectivity index (χ3v) is 2.45. The maximum Gasteiger partial charge on any atom is 0.0410 e. The minimum Gasteiger partial charge on any atom is -0.330 e. The molecule has 0 unspecified atom stereocenters. The Morgan fingerprint density at radius 3 is 2.81 bits per heavy atom. The Hall–Kier alpha value is -1.74. The first kappa shape index (κ1) is 10.8. The molecule has 0 amide bonds. The molecule has 2 rings (SSSR count). The third-order valence-electron chi connectivity index (χ3n) is 2.45. The van der Waals surface area contributed by atoms with E-state index in [0.717, 1.165) is 29.7 Å². The lowest BCUT2D eigenvalue weighted by atomic mass is 10.1. The van der Waals surface area contributed by atoms with Gasteiger partial charge in [0, 0.05) is 29.8 Å². The average molecular weight is 213 g/mol. The zero-order chi connectivity index (χ0) is 11.2. The highest BCUT2D eigenvalue weighted by atomic mass is 14.7. The Kier molecular flexibility index (Phi) is 3.62. The number of aryl methyl sites for hydroxylation is 1. The Labute approximate surface area is 95.4 Å². The molecule has 2 aromatic rings. The van der Waals surface area contributed by atoms with E-state index in [0.29, 0.717) is 6.54 Å². The van der Waals surface area contributed by atoms with Gasteiger partial charge in [-0.25, -0.2) is 0 Å². The van der Waals surface area contributed by atoms with Gasteiger partial charge in [0.25, 0.3) is 0 Å². The smallest absolute Gasteiger partial charge is 0.0410 e. The molecule has 0 spiro atoms. The normalized spacial score (nSPS) is 10.3. The summed E-state index contributed by atoms with van der Waals surface area (Å²) in [6.45, 7) is 0.707. The maximum absolute atomic E-state index is 5.49. The molecule has 0 bridgehead atoms. The summed E-state index contributed by atoms with van der Waals surface area (Å²) in [5.74, 6) is 0. The summed E-state index contributed by atoms with van der Waals surface area (Å²) in [4.78, 5) is 8.44. The summed E-state index contributed by atoms with van der Waals surface area (Å²) in [5.41, 5.74) is 8.86. The van der Waals surface area contributed by atoms with Crippen LogP contribution in [-0.4, -0.2) is 16.5 Å². The second-order valence-corrected chi connectivity index (χ2v) is 3.67. The number of aromatic nitrogens is 2. The summed E-state index contributed by atoms with van der Waals surface area (Å²) in [6.07, 6.45) is 7.39. The molecule has 16 heavy (non-hydrogen) atoms. The van der Waals surface area contributed by atoms with E-state index in [1.165, 1.54) is 0 Å². The molecular weight excluding hydrogens is 198 g/mol. The fourth-order valence-electron chi connectivity index (χ4n) is 1.61. The van der Waals surface area contributed by atoms with E-state index in [1.54, 1.807) is 6.20 Å². The Bertz CT molecular complexity index is 440. The van der Waals surface area contributed by atoms with Crippen LogP contribution in [0.25, 0.3) is 11.1 Å². The predicted octanol–water partition coefficient (Wildman–Crippen LogP) is 2.03. The molecule has 2 N–H and O–H groups in total. The molecule has 3 nitrogen and oxygen atoms in total. The van der Waals surface area contributed by atoms with Gasteiger partial charge in [0.2, 0.25) is 0 Å². The number of nitrogens with two attached hydrogens (primary N) is 1. The van der Waals surface area contributed by atoms with Crippen molar-refractivity contribution in [2.24, 2.45) is 5.73 Å². The van der Waals surface area contributed by atoms with Gasteiger partial charge in [0.1, 0.15) is 0 Å². The second-order valence-electron chi connectivity index (χ2n) is 3.67. The average Bonchev–Trinajstić information content (AvgIpc) is 2.38. The van der Waals surface area contributed by atoms with Crippen molar-refractivity contribution in [3.63, 3.8) is 0 Å². The molecule has 0 radical (unpaired) electrons. The lowest BCUT2D eigenvalue weighted by Crippen LogP contribution is -2.01. The van der Waals surface area contributed by atoms with Gasteiger partial charge in [-0.2, -0.15) is 0 Å². The molecular formula is C13H15N3. The summed E-state index contributed by atoms with van der Waals surface area (Å²) in [7, 11) is 0. The molecule has 2 aromatic heterocycles. The molecule has 0 saturated carbocycles. The van der Waals surface area contributed by atoms with E-state index >= 15 is 0 Å². The van der Waals surface area contributed by atoms with E-state index < -0.39 is 0 Å². The highest BCUT2D eigenvalue weighted by Gasteiger charge is 1.99. The van der Waals surface area contributed by atoms with Crippen LogP contribution in [0.3, 0.4) is 0 Å². The Morgan fingerprint density at radius 1 is 1.12 bits per heavy atom. The zero-order valence-corrected chi connectivity index (χ0v) is 9.13. The fraction of sp³-hybridized carbons (Fsp3) is 0.231. The van der Waals surface area contributed by atoms with Gasteiger partial charge in [-0.15, -0.1) is 0 Å². The standard InChI is InChI=1S/C13H15N3/c14-6-1-4-13-9-11(5-8-16-13)12-3-2-7-15-10-12/h2-3,5,7-10H,1,4,6,14H2. The molecule has 0 aromatic carbocycles. The molecule has 0 fully saturated rings. The summed E-state index contributed by atoms with van der Waals surface area (Å²) < 4.78 is 0. The molecule has 0 aliphatic carbocycles. The van der Waals surface area contributed by atoms with Crippen molar-refractivity contribution >= 4 is 0 Å². The van der Waals surface area contributed by atoms with Crippen LogP contribution in [0.15, 0.2) is 42.9 Å². The molecule has 2 heterocycles. The van der Waals surface area contributed by atoms with Gasteiger partial charge in [-0.1, -0.05) is 6.07 Å². The minimum absolute atomic E-state index is 0.707. The van der Waals surface area contributed by atoms with Crippen LogP contribution >= 0.6 is 0 Å². The summed E-state index contributed by atoms with van der Waals surface area (Å²) in [6, 6.07) is 8.10. The minimum atomic E-state index is 0.707. The number of pyridine rings is 2. The first-order chi connectivity index (χ1) is 7.90. The molecule has 0 saturated heterocycles. The van der Waals surface area contributed by atoms with Gasteiger partial charge in [0.05, 0.1) is 0 Å². The van der Waals surface area contributed by atoms with Crippen molar-refractivity contribution in [1.82, 2.24) is 9.97 Å². The highest BCUT2D eigenvalue weighted by Crippen LogP contribution is 2.18. The van der Waals surface area contributed by atoms with Crippen molar-refractivity contribution in [3.05, 3.63) is 48.5 Å². The van der Waals surface area contributed by atoms with Crippen LogP contribution in [0.2, 0.25) is 0 Å².